The van der Waals surface area contributed by atoms with Crippen LogP contribution in [0.1, 0.15) is 26.3 Å². The van der Waals surface area contributed by atoms with E-state index in [2.05, 4.69) is 18.6 Å². The van der Waals surface area contributed by atoms with Gasteiger partial charge in [-0.3, -0.25) is 0 Å². The van der Waals surface area contributed by atoms with E-state index in [0.29, 0.717) is 36.2 Å². The van der Waals surface area contributed by atoms with Crippen LogP contribution in [-0.2, 0) is 9.53 Å². The number of nitriles is 1. The van der Waals surface area contributed by atoms with Crippen molar-refractivity contribution in [2.24, 2.45) is 5.92 Å². The van der Waals surface area contributed by atoms with Crippen LogP contribution in [0.5, 0.6) is 11.5 Å². The zero-order chi connectivity index (χ0) is 16.5. The molecule has 0 aromatic heterocycles. The molecule has 0 aliphatic rings. The van der Waals surface area contributed by atoms with Crippen molar-refractivity contribution in [2.75, 3.05) is 20.3 Å². The van der Waals surface area contributed by atoms with Crippen LogP contribution in [-0.4, -0.2) is 26.3 Å². The predicted octanol–water partition coefficient (Wildman–Crippen LogP) is 3.20. The van der Waals surface area contributed by atoms with Gasteiger partial charge in [0.2, 0.25) is 0 Å². The first-order chi connectivity index (χ1) is 10.5. The van der Waals surface area contributed by atoms with Crippen LogP contribution < -0.4 is 9.47 Å². The van der Waals surface area contributed by atoms with Crippen LogP contribution in [0.2, 0.25) is 0 Å². The number of methoxy groups -OCH3 is 1. The van der Waals surface area contributed by atoms with Crippen molar-refractivity contribution >= 4 is 12.0 Å². The van der Waals surface area contributed by atoms with E-state index < -0.39 is 5.97 Å². The van der Waals surface area contributed by atoms with Crippen molar-refractivity contribution in [1.29, 1.82) is 5.26 Å². The maximum Gasteiger partial charge on any atom is 0.348 e. The number of ether oxygens (including phenoxy) is 3. The summed E-state index contributed by atoms with van der Waals surface area (Å²) in [5, 5.41) is 8.99. The van der Waals surface area contributed by atoms with Crippen LogP contribution in [0.25, 0.3) is 6.08 Å². The number of carbonyl (C=O) groups excluding carboxylic acids is 1. The summed E-state index contributed by atoms with van der Waals surface area (Å²) >= 11 is 0. The summed E-state index contributed by atoms with van der Waals surface area (Å²) in [4.78, 5) is 11.4. The van der Waals surface area contributed by atoms with Gasteiger partial charge in [-0.1, -0.05) is 19.9 Å². The van der Waals surface area contributed by atoms with E-state index in [-0.39, 0.29) is 5.57 Å². The van der Waals surface area contributed by atoms with Crippen LogP contribution in [0, 0.1) is 17.2 Å². The topological polar surface area (TPSA) is 68.5 Å². The van der Waals surface area contributed by atoms with Crippen molar-refractivity contribution < 1.29 is 19.0 Å². The first-order valence-corrected chi connectivity index (χ1v) is 7.11. The Morgan fingerprint density at radius 2 is 2.05 bits per heavy atom. The van der Waals surface area contributed by atoms with Gasteiger partial charge in [0.15, 0.2) is 11.5 Å². The second kappa shape index (κ2) is 8.73. The van der Waals surface area contributed by atoms with Crippen LogP contribution in [0.3, 0.4) is 0 Å². The highest BCUT2D eigenvalue weighted by atomic mass is 16.5. The first kappa shape index (κ1) is 17.6. The van der Waals surface area contributed by atoms with Crippen molar-refractivity contribution in [2.45, 2.75) is 20.8 Å². The Labute approximate surface area is 131 Å². The lowest BCUT2D eigenvalue weighted by molar-refractivity contribution is -0.135. The molecule has 5 nitrogen and oxygen atoms in total. The fourth-order valence-corrected chi connectivity index (χ4v) is 1.67. The van der Waals surface area contributed by atoms with Gasteiger partial charge in [0.25, 0.3) is 0 Å². The molecule has 0 fully saturated rings. The summed E-state index contributed by atoms with van der Waals surface area (Å²) in [6.07, 6.45) is 1.46. The van der Waals surface area contributed by atoms with Crippen LogP contribution in [0.4, 0.5) is 0 Å². The third-order valence-corrected chi connectivity index (χ3v) is 2.68. The highest BCUT2D eigenvalue weighted by Gasteiger charge is 2.11. The molecule has 0 saturated heterocycles. The summed E-state index contributed by atoms with van der Waals surface area (Å²) < 4.78 is 15.8. The molecule has 0 N–H and O–H groups in total. The standard InChI is InChI=1S/C17H21NO4/c1-5-21-16-9-13(8-14(10-18)17(19)20-4)6-7-15(16)22-11-12(2)3/h6-9,12H,5,11H2,1-4H3/b14-8+. The average molecular weight is 303 g/mol. The average Bonchev–Trinajstić information content (AvgIpc) is 2.51. The number of nitrogens with zero attached hydrogens (tertiary/aromatic N) is 1. The van der Waals surface area contributed by atoms with Gasteiger partial charge in [-0.25, -0.2) is 4.79 Å². The minimum Gasteiger partial charge on any atom is -0.490 e. The Morgan fingerprint density at radius 3 is 2.59 bits per heavy atom. The Kier molecular flexibility index (Phi) is 6.97. The molecular formula is C17H21NO4. The zero-order valence-corrected chi connectivity index (χ0v) is 13.4. The van der Waals surface area contributed by atoms with E-state index in [1.54, 1.807) is 18.2 Å². The molecule has 5 heteroatoms. The van der Waals surface area contributed by atoms with E-state index in [1.807, 2.05) is 13.0 Å². The number of esters is 1. The second-order valence-electron chi connectivity index (χ2n) is 5.01. The Balaban J connectivity index is 3.08. The molecule has 1 aromatic rings. The highest BCUT2D eigenvalue weighted by molar-refractivity contribution is 5.97. The van der Waals surface area contributed by atoms with Crippen molar-refractivity contribution in [1.82, 2.24) is 0 Å². The maximum absolute atomic E-state index is 11.4. The Bertz CT molecular complexity index is 585. The largest absolute Gasteiger partial charge is 0.490 e. The molecule has 0 amide bonds. The molecule has 0 spiro atoms. The van der Waals surface area contributed by atoms with E-state index in [4.69, 9.17) is 14.7 Å². The smallest absolute Gasteiger partial charge is 0.348 e. The van der Waals surface area contributed by atoms with E-state index in [9.17, 15) is 4.79 Å². The van der Waals surface area contributed by atoms with Crippen molar-refractivity contribution in [3.63, 3.8) is 0 Å². The number of hydrogen-bond acceptors (Lipinski definition) is 5. The molecule has 0 saturated carbocycles. The number of carbonyl (C=O) groups is 1. The third-order valence-electron chi connectivity index (χ3n) is 2.68. The number of rotatable bonds is 7. The maximum atomic E-state index is 11.4. The van der Waals surface area contributed by atoms with Gasteiger partial charge in [0, 0.05) is 0 Å². The van der Waals surface area contributed by atoms with Gasteiger partial charge in [0.1, 0.15) is 11.6 Å². The summed E-state index contributed by atoms with van der Waals surface area (Å²) in [7, 11) is 1.24. The van der Waals surface area contributed by atoms with Gasteiger partial charge in [-0.2, -0.15) is 5.26 Å². The van der Waals surface area contributed by atoms with Gasteiger partial charge < -0.3 is 14.2 Å². The van der Waals surface area contributed by atoms with Crippen LogP contribution in [0.15, 0.2) is 23.8 Å². The molecule has 1 aromatic carbocycles. The fraction of sp³-hybridized carbons (Fsp3) is 0.412. The zero-order valence-electron chi connectivity index (χ0n) is 13.4. The van der Waals surface area contributed by atoms with E-state index in [1.165, 1.54) is 13.2 Å². The van der Waals surface area contributed by atoms with Crippen molar-refractivity contribution in [3.05, 3.63) is 29.3 Å². The molecule has 22 heavy (non-hydrogen) atoms. The summed E-state index contributed by atoms with van der Waals surface area (Å²) in [5.74, 6) is 0.961. The lowest BCUT2D eigenvalue weighted by Crippen LogP contribution is -2.06. The van der Waals surface area contributed by atoms with Gasteiger partial charge in [-0.15, -0.1) is 0 Å². The molecule has 0 radical (unpaired) electrons. The molecule has 0 unspecified atom stereocenters. The van der Waals surface area contributed by atoms with Crippen molar-refractivity contribution in [3.8, 4) is 17.6 Å². The second-order valence-corrected chi connectivity index (χ2v) is 5.01. The minimum absolute atomic E-state index is 0.0687. The SMILES string of the molecule is CCOc1cc(/C=C(\C#N)C(=O)OC)ccc1OCC(C)C. The van der Waals surface area contributed by atoms with Gasteiger partial charge >= 0.3 is 5.97 Å². The number of hydrogen-bond donors (Lipinski definition) is 0. The van der Waals surface area contributed by atoms with Gasteiger partial charge in [0.05, 0.1) is 20.3 Å². The summed E-state index contributed by atoms with van der Waals surface area (Å²) in [6, 6.07) is 7.09. The highest BCUT2D eigenvalue weighted by Crippen LogP contribution is 2.29. The molecule has 118 valence electrons. The molecule has 0 aliphatic carbocycles. The monoisotopic (exact) mass is 303 g/mol. The quantitative estimate of drug-likeness (QED) is 0.439. The Morgan fingerprint density at radius 1 is 1.32 bits per heavy atom. The van der Waals surface area contributed by atoms with E-state index >= 15 is 0 Å². The van der Waals surface area contributed by atoms with Crippen LogP contribution >= 0.6 is 0 Å². The van der Waals surface area contributed by atoms with E-state index in [0.717, 1.165) is 0 Å². The third kappa shape index (κ3) is 5.13. The molecule has 0 atom stereocenters. The summed E-state index contributed by atoms with van der Waals surface area (Å²) in [6.45, 7) is 7.08. The first-order valence-electron chi connectivity index (χ1n) is 7.11. The molecular weight excluding hydrogens is 282 g/mol. The minimum atomic E-state index is -0.666. The summed E-state index contributed by atoms with van der Waals surface area (Å²) in [5.41, 5.74) is 0.600. The molecule has 1 rings (SSSR count). The Hall–Kier alpha value is -2.48. The lowest BCUT2D eigenvalue weighted by atomic mass is 10.1. The molecule has 0 heterocycles. The van der Waals surface area contributed by atoms with Gasteiger partial charge in [-0.05, 0) is 36.6 Å². The predicted molar refractivity (Wildman–Crippen MR) is 83.6 cm³/mol. The fourth-order valence-electron chi connectivity index (χ4n) is 1.67. The molecule has 0 aliphatic heterocycles. The number of benzene rings is 1. The molecule has 0 bridgehead atoms. The normalized spacial score (nSPS) is 11.0. The lowest BCUT2D eigenvalue weighted by Gasteiger charge is -2.14.